The molecule has 1 heteroatoms. The number of allylic oxidation sites excluding steroid dienone is 2. The highest BCUT2D eigenvalue weighted by molar-refractivity contribution is 5.78. The molecule has 0 aliphatic rings. The molecule has 0 unspecified atom stereocenters. The van der Waals surface area contributed by atoms with E-state index in [1.165, 1.54) is 24.0 Å². The summed E-state index contributed by atoms with van der Waals surface area (Å²) in [5, 5.41) is 0. The first kappa shape index (κ1) is 17.2. The largest absolute Gasteiger partial charge is 0.300 e. The monoisotopic (exact) mass is 250 g/mol. The zero-order chi connectivity index (χ0) is 13.8. The molecule has 0 radical (unpaired) electrons. The molecule has 0 rings (SSSR count). The SMILES string of the molecule is C=C(C)CCCCCC(=O)CCCCCC(=C)C. The third-order valence-electron chi connectivity index (χ3n) is 3.12. The maximum Gasteiger partial charge on any atom is 0.132 e. The average molecular weight is 250 g/mol. The van der Waals surface area contributed by atoms with Crippen LogP contribution in [0.1, 0.15) is 78.1 Å². The predicted molar refractivity (Wildman–Crippen MR) is 80.8 cm³/mol. The molecule has 0 fully saturated rings. The van der Waals surface area contributed by atoms with Gasteiger partial charge in [-0.2, -0.15) is 0 Å². The Morgan fingerprint density at radius 2 is 1.00 bits per heavy atom. The Balaban J connectivity index is 3.27. The second-order valence-corrected chi connectivity index (χ2v) is 5.57. The number of hydrogen-bond donors (Lipinski definition) is 0. The van der Waals surface area contributed by atoms with Crippen molar-refractivity contribution in [1.29, 1.82) is 0 Å². The average Bonchev–Trinajstić information content (AvgIpc) is 2.27. The maximum absolute atomic E-state index is 11.6. The van der Waals surface area contributed by atoms with Gasteiger partial charge in [0.25, 0.3) is 0 Å². The highest BCUT2D eigenvalue weighted by atomic mass is 16.1. The standard InChI is InChI=1S/C17H30O/c1-15(2)11-7-5-9-13-17(18)14-10-6-8-12-16(3)4/h1,3,5-14H2,2,4H3. The second kappa shape index (κ2) is 11.3. The lowest BCUT2D eigenvalue weighted by atomic mass is 10.0. The first-order chi connectivity index (χ1) is 8.52. The van der Waals surface area contributed by atoms with Gasteiger partial charge in [0, 0.05) is 12.8 Å². The van der Waals surface area contributed by atoms with Crippen LogP contribution >= 0.6 is 0 Å². The van der Waals surface area contributed by atoms with Gasteiger partial charge in [-0.1, -0.05) is 24.0 Å². The summed E-state index contributed by atoms with van der Waals surface area (Å²) < 4.78 is 0. The molecule has 104 valence electrons. The molecule has 0 aromatic heterocycles. The highest BCUT2D eigenvalue weighted by Crippen LogP contribution is 2.11. The summed E-state index contributed by atoms with van der Waals surface area (Å²) in [5.41, 5.74) is 2.50. The molecule has 0 aliphatic heterocycles. The van der Waals surface area contributed by atoms with Crippen molar-refractivity contribution in [3.63, 3.8) is 0 Å². The number of carbonyl (C=O) groups excluding carboxylic acids is 1. The smallest absolute Gasteiger partial charge is 0.132 e. The summed E-state index contributed by atoms with van der Waals surface area (Å²) >= 11 is 0. The zero-order valence-corrected chi connectivity index (χ0v) is 12.4. The van der Waals surface area contributed by atoms with Gasteiger partial charge in [-0.05, 0) is 52.4 Å². The predicted octanol–water partition coefficient (Wildman–Crippen LogP) is 5.61. The molecule has 0 amide bonds. The van der Waals surface area contributed by atoms with Gasteiger partial charge < -0.3 is 0 Å². The summed E-state index contributed by atoms with van der Waals surface area (Å²) in [6.45, 7) is 11.9. The van der Waals surface area contributed by atoms with Crippen molar-refractivity contribution in [3.8, 4) is 0 Å². The van der Waals surface area contributed by atoms with Gasteiger partial charge in [0.1, 0.15) is 5.78 Å². The number of ketones is 1. The van der Waals surface area contributed by atoms with Crippen LogP contribution < -0.4 is 0 Å². The molecule has 1 nitrogen and oxygen atoms in total. The first-order valence-electron chi connectivity index (χ1n) is 7.33. The van der Waals surface area contributed by atoms with Crippen LogP contribution in [0.2, 0.25) is 0 Å². The van der Waals surface area contributed by atoms with Crippen LogP contribution in [0, 0.1) is 0 Å². The molecule has 0 saturated heterocycles. The molecule has 0 saturated carbocycles. The Hall–Kier alpha value is -0.850. The van der Waals surface area contributed by atoms with E-state index in [4.69, 9.17) is 0 Å². The highest BCUT2D eigenvalue weighted by Gasteiger charge is 2.01. The van der Waals surface area contributed by atoms with E-state index in [-0.39, 0.29) is 0 Å². The lowest BCUT2D eigenvalue weighted by molar-refractivity contribution is -0.119. The van der Waals surface area contributed by atoms with Gasteiger partial charge in [-0.3, -0.25) is 4.79 Å². The molecule has 18 heavy (non-hydrogen) atoms. The van der Waals surface area contributed by atoms with Crippen molar-refractivity contribution in [2.45, 2.75) is 78.1 Å². The molecule has 0 atom stereocenters. The summed E-state index contributed by atoms with van der Waals surface area (Å²) in [4.78, 5) is 11.6. The summed E-state index contributed by atoms with van der Waals surface area (Å²) in [5.74, 6) is 0.445. The summed E-state index contributed by atoms with van der Waals surface area (Å²) in [7, 11) is 0. The molecular formula is C17H30O. The van der Waals surface area contributed by atoms with Crippen molar-refractivity contribution >= 4 is 5.78 Å². The molecule has 0 aromatic rings. The fourth-order valence-corrected chi connectivity index (χ4v) is 1.98. The molecule has 0 N–H and O–H groups in total. The third-order valence-corrected chi connectivity index (χ3v) is 3.12. The van der Waals surface area contributed by atoms with Gasteiger partial charge in [0.15, 0.2) is 0 Å². The molecule has 0 spiro atoms. The fourth-order valence-electron chi connectivity index (χ4n) is 1.98. The van der Waals surface area contributed by atoms with Crippen LogP contribution in [0.4, 0.5) is 0 Å². The Morgan fingerprint density at radius 3 is 1.33 bits per heavy atom. The van der Waals surface area contributed by atoms with Crippen molar-refractivity contribution in [2.24, 2.45) is 0 Å². The minimum Gasteiger partial charge on any atom is -0.300 e. The maximum atomic E-state index is 11.6. The van der Waals surface area contributed by atoms with E-state index < -0.39 is 0 Å². The second-order valence-electron chi connectivity index (χ2n) is 5.57. The van der Waals surface area contributed by atoms with Gasteiger partial charge in [0.05, 0.1) is 0 Å². The first-order valence-corrected chi connectivity index (χ1v) is 7.33. The van der Waals surface area contributed by atoms with E-state index in [9.17, 15) is 4.79 Å². The van der Waals surface area contributed by atoms with E-state index in [2.05, 4.69) is 27.0 Å². The van der Waals surface area contributed by atoms with Crippen LogP contribution in [0.25, 0.3) is 0 Å². The van der Waals surface area contributed by atoms with E-state index in [1.807, 2.05) is 0 Å². The lowest BCUT2D eigenvalue weighted by Gasteiger charge is -2.02. The summed E-state index contributed by atoms with van der Waals surface area (Å²) in [6, 6.07) is 0. The van der Waals surface area contributed by atoms with E-state index in [1.54, 1.807) is 0 Å². The number of Topliss-reactive ketones (excluding diaryl/α,β-unsaturated/α-hetero) is 1. The molecule has 0 aromatic carbocycles. The minimum absolute atomic E-state index is 0.445. The van der Waals surface area contributed by atoms with Gasteiger partial charge in [0.2, 0.25) is 0 Å². The number of hydrogen-bond acceptors (Lipinski definition) is 1. The Labute approximate surface area is 113 Å². The molecular weight excluding hydrogens is 220 g/mol. The molecule has 0 heterocycles. The van der Waals surface area contributed by atoms with Crippen molar-refractivity contribution in [3.05, 3.63) is 24.3 Å². The molecule has 0 aliphatic carbocycles. The zero-order valence-electron chi connectivity index (χ0n) is 12.4. The Bertz CT molecular complexity index is 237. The van der Waals surface area contributed by atoms with Gasteiger partial charge in [-0.25, -0.2) is 0 Å². The van der Waals surface area contributed by atoms with Crippen LogP contribution in [0.5, 0.6) is 0 Å². The normalized spacial score (nSPS) is 10.3. The quantitative estimate of drug-likeness (QED) is 0.325. The van der Waals surface area contributed by atoms with E-state index in [0.717, 1.165) is 51.4 Å². The number of rotatable bonds is 12. The van der Waals surface area contributed by atoms with Crippen LogP contribution in [-0.2, 0) is 4.79 Å². The third kappa shape index (κ3) is 13.2. The van der Waals surface area contributed by atoms with Crippen molar-refractivity contribution in [2.75, 3.05) is 0 Å². The molecule has 0 bridgehead atoms. The Kier molecular flexibility index (Phi) is 10.7. The fraction of sp³-hybridized carbons (Fsp3) is 0.706. The number of carbonyl (C=O) groups is 1. The van der Waals surface area contributed by atoms with Crippen LogP contribution in [-0.4, -0.2) is 5.78 Å². The van der Waals surface area contributed by atoms with Crippen molar-refractivity contribution < 1.29 is 4.79 Å². The Morgan fingerprint density at radius 1 is 0.667 bits per heavy atom. The van der Waals surface area contributed by atoms with Crippen molar-refractivity contribution in [1.82, 2.24) is 0 Å². The van der Waals surface area contributed by atoms with E-state index in [0.29, 0.717) is 5.78 Å². The topological polar surface area (TPSA) is 17.1 Å². The van der Waals surface area contributed by atoms with E-state index >= 15 is 0 Å². The van der Waals surface area contributed by atoms with Gasteiger partial charge in [-0.15, -0.1) is 13.2 Å². The van der Waals surface area contributed by atoms with Crippen LogP contribution in [0.3, 0.4) is 0 Å². The summed E-state index contributed by atoms with van der Waals surface area (Å²) in [6.07, 6.45) is 10.6. The number of unbranched alkanes of at least 4 members (excludes halogenated alkanes) is 4. The lowest BCUT2D eigenvalue weighted by Crippen LogP contribution is -1.97. The van der Waals surface area contributed by atoms with Crippen LogP contribution in [0.15, 0.2) is 24.3 Å². The van der Waals surface area contributed by atoms with Gasteiger partial charge >= 0.3 is 0 Å². The minimum atomic E-state index is 0.445.